The van der Waals surface area contributed by atoms with E-state index in [2.05, 4.69) is 19.9 Å². The Bertz CT molecular complexity index is 750. The van der Waals surface area contributed by atoms with Crippen molar-refractivity contribution < 1.29 is 14.2 Å². The Morgan fingerprint density at radius 1 is 1.31 bits per heavy atom. The Balaban J connectivity index is 1.64. The van der Waals surface area contributed by atoms with Gasteiger partial charge in [-0.3, -0.25) is 15.0 Å². The fourth-order valence-corrected chi connectivity index (χ4v) is 3.05. The lowest BCUT2D eigenvalue weighted by atomic mass is 10.2. The SMILES string of the molecule is COC(C)c1noc(CN2CCCN(c3ccccc3[N+](=O)[O-])CC2)n1. The van der Waals surface area contributed by atoms with Crippen LogP contribution in [0.15, 0.2) is 28.8 Å². The molecule has 2 aromatic rings. The molecule has 140 valence electrons. The topological polar surface area (TPSA) is 97.8 Å². The number of nitro benzene ring substituents is 1. The quantitative estimate of drug-likeness (QED) is 0.571. The summed E-state index contributed by atoms with van der Waals surface area (Å²) in [7, 11) is 1.60. The Labute approximate surface area is 151 Å². The highest BCUT2D eigenvalue weighted by Crippen LogP contribution is 2.28. The lowest BCUT2D eigenvalue weighted by Crippen LogP contribution is -2.30. The van der Waals surface area contributed by atoms with Gasteiger partial charge in [-0.1, -0.05) is 17.3 Å². The normalized spacial score (nSPS) is 17.1. The number of nitro groups is 1. The number of aromatic nitrogens is 2. The van der Waals surface area contributed by atoms with Crippen molar-refractivity contribution in [1.82, 2.24) is 15.0 Å². The molecule has 0 N–H and O–H groups in total. The van der Waals surface area contributed by atoms with E-state index in [0.29, 0.717) is 30.5 Å². The number of benzene rings is 1. The highest BCUT2D eigenvalue weighted by molar-refractivity contribution is 5.63. The van der Waals surface area contributed by atoms with Crippen LogP contribution in [-0.4, -0.2) is 53.3 Å². The van der Waals surface area contributed by atoms with Gasteiger partial charge in [-0.25, -0.2) is 0 Å². The van der Waals surface area contributed by atoms with Gasteiger partial charge >= 0.3 is 0 Å². The first-order valence-electron chi connectivity index (χ1n) is 8.64. The van der Waals surface area contributed by atoms with E-state index < -0.39 is 0 Å². The van der Waals surface area contributed by atoms with Gasteiger partial charge < -0.3 is 14.2 Å². The third kappa shape index (κ3) is 4.17. The standard InChI is InChI=1S/C17H23N5O4/c1-13(25-2)17-18-16(26-19-17)12-20-8-5-9-21(11-10-20)14-6-3-4-7-15(14)22(23)24/h3-4,6-7,13H,5,8-12H2,1-2H3. The van der Waals surface area contributed by atoms with Crippen molar-refractivity contribution in [2.75, 3.05) is 38.2 Å². The highest BCUT2D eigenvalue weighted by atomic mass is 16.6. The molecule has 26 heavy (non-hydrogen) atoms. The zero-order valence-corrected chi connectivity index (χ0v) is 15.0. The molecule has 3 rings (SSSR count). The maximum absolute atomic E-state index is 11.3. The van der Waals surface area contributed by atoms with Gasteiger partial charge in [0.1, 0.15) is 11.8 Å². The lowest BCUT2D eigenvalue weighted by molar-refractivity contribution is -0.384. The summed E-state index contributed by atoms with van der Waals surface area (Å²) in [4.78, 5) is 19.6. The van der Waals surface area contributed by atoms with Crippen LogP contribution in [0.3, 0.4) is 0 Å². The van der Waals surface area contributed by atoms with Crippen molar-refractivity contribution in [3.05, 3.63) is 46.1 Å². The maximum atomic E-state index is 11.3. The molecule has 1 atom stereocenters. The first-order chi connectivity index (χ1) is 12.6. The van der Waals surface area contributed by atoms with Crippen LogP contribution in [0.4, 0.5) is 11.4 Å². The zero-order valence-electron chi connectivity index (χ0n) is 15.0. The van der Waals surface area contributed by atoms with E-state index >= 15 is 0 Å². The van der Waals surface area contributed by atoms with Gasteiger partial charge in [0.15, 0.2) is 5.82 Å². The Kier molecular flexibility index (Phi) is 5.79. The molecular weight excluding hydrogens is 338 g/mol. The van der Waals surface area contributed by atoms with Crippen LogP contribution in [0.1, 0.15) is 31.2 Å². The molecule has 0 saturated carbocycles. The van der Waals surface area contributed by atoms with Crippen LogP contribution < -0.4 is 4.90 Å². The van der Waals surface area contributed by atoms with Crippen molar-refractivity contribution in [3.8, 4) is 0 Å². The molecule has 0 amide bonds. The van der Waals surface area contributed by atoms with Crippen LogP contribution in [0.25, 0.3) is 0 Å². The largest absolute Gasteiger partial charge is 0.374 e. The monoisotopic (exact) mass is 361 g/mol. The number of rotatable bonds is 6. The molecule has 9 nitrogen and oxygen atoms in total. The molecule has 1 aliphatic rings. The molecule has 0 aliphatic carbocycles. The summed E-state index contributed by atoms with van der Waals surface area (Å²) in [5.41, 5.74) is 0.824. The molecule has 1 aromatic carbocycles. The molecule has 1 unspecified atom stereocenters. The number of methoxy groups -OCH3 is 1. The van der Waals surface area contributed by atoms with Gasteiger partial charge in [0, 0.05) is 39.4 Å². The Morgan fingerprint density at radius 3 is 2.88 bits per heavy atom. The number of para-hydroxylation sites is 2. The minimum Gasteiger partial charge on any atom is -0.374 e. The second-order valence-corrected chi connectivity index (χ2v) is 6.29. The minimum atomic E-state index is -0.324. The molecule has 2 heterocycles. The summed E-state index contributed by atoms with van der Waals surface area (Å²) in [6, 6.07) is 6.89. The third-order valence-corrected chi connectivity index (χ3v) is 4.57. The van der Waals surface area contributed by atoms with Crippen LogP contribution in [0.5, 0.6) is 0 Å². The lowest BCUT2D eigenvalue weighted by Gasteiger charge is -2.22. The van der Waals surface area contributed by atoms with Gasteiger partial charge in [-0.2, -0.15) is 4.98 Å². The van der Waals surface area contributed by atoms with Gasteiger partial charge in [0.2, 0.25) is 5.89 Å². The molecule has 0 bridgehead atoms. The van der Waals surface area contributed by atoms with Gasteiger partial charge in [0.05, 0.1) is 11.5 Å². The molecule has 1 aromatic heterocycles. The van der Waals surface area contributed by atoms with E-state index in [1.54, 1.807) is 19.2 Å². The smallest absolute Gasteiger partial charge is 0.292 e. The average molecular weight is 361 g/mol. The van der Waals surface area contributed by atoms with E-state index in [-0.39, 0.29) is 16.7 Å². The van der Waals surface area contributed by atoms with Gasteiger partial charge in [-0.15, -0.1) is 0 Å². The summed E-state index contributed by atoms with van der Waals surface area (Å²) in [6.45, 7) is 5.55. The molecule has 1 fully saturated rings. The van der Waals surface area contributed by atoms with Gasteiger partial charge in [0.25, 0.3) is 5.69 Å². The van der Waals surface area contributed by atoms with Gasteiger partial charge in [-0.05, 0) is 19.4 Å². The van der Waals surface area contributed by atoms with Crippen LogP contribution in [0.2, 0.25) is 0 Å². The van der Waals surface area contributed by atoms with Crippen LogP contribution >= 0.6 is 0 Å². The van der Waals surface area contributed by atoms with E-state index in [4.69, 9.17) is 9.26 Å². The summed E-state index contributed by atoms with van der Waals surface area (Å²) in [5, 5.41) is 15.2. The van der Waals surface area contributed by atoms with E-state index in [1.807, 2.05) is 19.1 Å². The summed E-state index contributed by atoms with van der Waals surface area (Å²) in [5.74, 6) is 1.10. The molecule has 0 spiro atoms. The van der Waals surface area contributed by atoms with Crippen molar-refractivity contribution in [3.63, 3.8) is 0 Å². The number of nitrogens with zero attached hydrogens (tertiary/aromatic N) is 5. The van der Waals surface area contributed by atoms with Crippen molar-refractivity contribution in [1.29, 1.82) is 0 Å². The minimum absolute atomic E-state index is 0.149. The van der Waals surface area contributed by atoms with Crippen molar-refractivity contribution in [2.24, 2.45) is 0 Å². The maximum Gasteiger partial charge on any atom is 0.292 e. The second-order valence-electron chi connectivity index (χ2n) is 6.29. The number of hydrogen-bond donors (Lipinski definition) is 0. The van der Waals surface area contributed by atoms with Crippen molar-refractivity contribution >= 4 is 11.4 Å². The number of hydrogen-bond acceptors (Lipinski definition) is 8. The third-order valence-electron chi connectivity index (χ3n) is 4.57. The Morgan fingerprint density at radius 2 is 2.12 bits per heavy atom. The van der Waals surface area contributed by atoms with E-state index in [0.717, 1.165) is 26.1 Å². The molecule has 1 aliphatic heterocycles. The zero-order chi connectivity index (χ0) is 18.5. The van der Waals surface area contributed by atoms with Crippen LogP contribution in [0, 0.1) is 10.1 Å². The Hall–Kier alpha value is -2.52. The first-order valence-corrected chi connectivity index (χ1v) is 8.64. The molecule has 0 radical (unpaired) electrons. The molecule has 1 saturated heterocycles. The summed E-state index contributed by atoms with van der Waals surface area (Å²) in [6.07, 6.45) is 0.701. The average Bonchev–Trinajstić information content (AvgIpc) is 2.99. The predicted octanol–water partition coefficient (Wildman–Crippen LogP) is 2.40. The second kappa shape index (κ2) is 8.24. The number of anilines is 1. The van der Waals surface area contributed by atoms with E-state index in [1.165, 1.54) is 0 Å². The molecule has 9 heteroatoms. The summed E-state index contributed by atoms with van der Waals surface area (Å²) >= 11 is 0. The van der Waals surface area contributed by atoms with Crippen LogP contribution in [-0.2, 0) is 11.3 Å². The summed E-state index contributed by atoms with van der Waals surface area (Å²) < 4.78 is 10.5. The van der Waals surface area contributed by atoms with Crippen molar-refractivity contribution in [2.45, 2.75) is 26.0 Å². The predicted molar refractivity (Wildman–Crippen MR) is 94.9 cm³/mol. The number of ether oxygens (including phenoxy) is 1. The molecular formula is C17H23N5O4. The first kappa shape index (κ1) is 18.3. The fraction of sp³-hybridized carbons (Fsp3) is 0.529. The van der Waals surface area contributed by atoms with E-state index in [9.17, 15) is 10.1 Å². The fourth-order valence-electron chi connectivity index (χ4n) is 3.05. The highest BCUT2D eigenvalue weighted by Gasteiger charge is 2.23.